The minimum Gasteiger partial charge on any atom is -0.477 e. The molecule has 0 saturated heterocycles. The molecule has 0 aliphatic heterocycles. The number of rotatable bonds is 4. The van der Waals surface area contributed by atoms with E-state index in [-0.39, 0.29) is 25.8 Å². The molecule has 3 heterocycles. The van der Waals surface area contributed by atoms with E-state index in [9.17, 15) is 4.79 Å². The summed E-state index contributed by atoms with van der Waals surface area (Å²) in [4.78, 5) is 18.4. The summed E-state index contributed by atoms with van der Waals surface area (Å²) in [5.74, 6) is -0.0255. The molecule has 205 valence electrons. The minimum absolute atomic E-state index is 0. The van der Waals surface area contributed by atoms with Crippen molar-refractivity contribution in [2.24, 2.45) is 0 Å². The van der Waals surface area contributed by atoms with Gasteiger partial charge in [-0.2, -0.15) is 10.2 Å². The van der Waals surface area contributed by atoms with Gasteiger partial charge in [-0.15, -0.1) is 33.8 Å². The fourth-order valence-electron chi connectivity index (χ4n) is 4.48. The SMILES string of the molecule is O=C(O)c1cc(-c2ccncc2)ccn1.[Ir].[c-]1ccc2ccccc2c1-c1nnc(-c2cccc3ccccc23)nn1. The van der Waals surface area contributed by atoms with Gasteiger partial charge in [0, 0.05) is 44.3 Å². The number of carbonyl (C=O) groups is 1. The maximum absolute atomic E-state index is 10.7. The molecule has 1 N–H and O–H groups in total. The van der Waals surface area contributed by atoms with Crippen molar-refractivity contribution in [3.8, 4) is 33.9 Å². The van der Waals surface area contributed by atoms with Crippen molar-refractivity contribution >= 4 is 27.5 Å². The van der Waals surface area contributed by atoms with E-state index in [0.717, 1.165) is 43.8 Å². The number of hydrogen-bond acceptors (Lipinski definition) is 7. The Kier molecular flexibility index (Phi) is 8.72. The first-order valence-corrected chi connectivity index (χ1v) is 12.7. The van der Waals surface area contributed by atoms with Gasteiger partial charge in [-0.25, -0.2) is 9.78 Å². The van der Waals surface area contributed by atoms with Crippen molar-refractivity contribution in [1.82, 2.24) is 30.4 Å². The van der Waals surface area contributed by atoms with Gasteiger partial charge in [0.25, 0.3) is 0 Å². The third-order valence-electron chi connectivity index (χ3n) is 6.45. The zero-order chi connectivity index (χ0) is 28.0. The Balaban J connectivity index is 0.000000189. The average Bonchev–Trinajstić information content (AvgIpc) is 3.05. The summed E-state index contributed by atoms with van der Waals surface area (Å²) in [6.07, 6.45) is 4.81. The largest absolute Gasteiger partial charge is 0.477 e. The number of aromatic nitrogens is 6. The number of pyridine rings is 2. The Morgan fingerprint density at radius 3 is 2.00 bits per heavy atom. The predicted molar refractivity (Wildman–Crippen MR) is 157 cm³/mol. The van der Waals surface area contributed by atoms with Crippen molar-refractivity contribution in [3.05, 3.63) is 133 Å². The topological polar surface area (TPSA) is 115 Å². The summed E-state index contributed by atoms with van der Waals surface area (Å²) >= 11 is 0. The number of carboxylic acid groups (broad SMARTS) is 1. The number of nitrogens with zero attached hydrogens (tertiary/aromatic N) is 6. The minimum atomic E-state index is -1.02. The van der Waals surface area contributed by atoms with Crippen LogP contribution in [-0.2, 0) is 20.1 Å². The molecule has 3 aromatic heterocycles. The third-order valence-corrected chi connectivity index (χ3v) is 6.45. The summed E-state index contributed by atoms with van der Waals surface area (Å²) in [7, 11) is 0. The van der Waals surface area contributed by atoms with Crippen molar-refractivity contribution in [2.45, 2.75) is 0 Å². The van der Waals surface area contributed by atoms with Gasteiger partial charge in [0.15, 0.2) is 0 Å². The van der Waals surface area contributed by atoms with Crippen LogP contribution < -0.4 is 0 Å². The normalized spacial score (nSPS) is 10.4. The van der Waals surface area contributed by atoms with E-state index in [1.54, 1.807) is 18.5 Å². The summed E-state index contributed by atoms with van der Waals surface area (Å²) in [5, 5.41) is 30.5. The molecule has 7 rings (SSSR count). The Labute approximate surface area is 254 Å². The first-order valence-electron chi connectivity index (χ1n) is 12.7. The van der Waals surface area contributed by atoms with Gasteiger partial charge in [-0.1, -0.05) is 77.7 Å². The van der Waals surface area contributed by atoms with E-state index >= 15 is 0 Å². The molecule has 1 radical (unpaired) electrons. The second-order valence-electron chi connectivity index (χ2n) is 8.98. The van der Waals surface area contributed by atoms with Gasteiger partial charge in [-0.05, 0) is 46.2 Å². The maximum atomic E-state index is 10.7. The molecule has 0 unspecified atom stereocenters. The van der Waals surface area contributed by atoms with Crippen LogP contribution in [0.3, 0.4) is 0 Å². The molecule has 7 aromatic rings. The Morgan fingerprint density at radius 2 is 1.26 bits per heavy atom. The number of carboxylic acids is 1. The van der Waals surface area contributed by atoms with Crippen LogP contribution in [0.15, 0.2) is 122 Å². The molecule has 0 fully saturated rings. The van der Waals surface area contributed by atoms with Crippen LogP contribution in [-0.4, -0.2) is 41.4 Å². The summed E-state index contributed by atoms with van der Waals surface area (Å²) in [6.45, 7) is 0. The second-order valence-corrected chi connectivity index (χ2v) is 8.98. The Morgan fingerprint density at radius 1 is 0.643 bits per heavy atom. The molecule has 0 saturated carbocycles. The van der Waals surface area contributed by atoms with Crippen LogP contribution in [0.1, 0.15) is 10.5 Å². The molecule has 0 bridgehead atoms. The van der Waals surface area contributed by atoms with Crippen LogP contribution in [0, 0.1) is 6.07 Å². The second kappa shape index (κ2) is 13.0. The van der Waals surface area contributed by atoms with Crippen LogP contribution in [0.5, 0.6) is 0 Å². The van der Waals surface area contributed by atoms with E-state index in [0.29, 0.717) is 11.6 Å². The van der Waals surface area contributed by atoms with Crippen LogP contribution in [0.25, 0.3) is 55.4 Å². The standard InChI is InChI=1S/C22H13N4.C11H8N2O2.Ir/c1-3-11-17-15(7-1)9-5-13-19(17)21-23-25-22(26-24-21)20-14-6-10-16-8-2-4-12-18(16)20;14-11(15)10-7-9(3-6-13-10)8-1-4-12-5-2-8;/h1-13H;1-7H,(H,14,15);/q-1;;. The fraction of sp³-hybridized carbons (Fsp3) is 0. The van der Waals surface area contributed by atoms with E-state index in [4.69, 9.17) is 5.11 Å². The van der Waals surface area contributed by atoms with Gasteiger partial charge >= 0.3 is 5.97 Å². The number of aromatic carboxylic acids is 1. The molecular formula is C33H21IrN6O2-. The van der Waals surface area contributed by atoms with Gasteiger partial charge in [0.2, 0.25) is 5.82 Å². The zero-order valence-corrected chi connectivity index (χ0v) is 24.3. The van der Waals surface area contributed by atoms with Gasteiger partial charge in [-0.3, -0.25) is 4.98 Å². The molecule has 0 spiro atoms. The first kappa shape index (κ1) is 28.3. The molecule has 0 aliphatic carbocycles. The van der Waals surface area contributed by atoms with Crippen molar-refractivity contribution in [1.29, 1.82) is 0 Å². The average molecular weight is 726 g/mol. The molecule has 42 heavy (non-hydrogen) atoms. The Bertz CT molecular complexity index is 1880. The van der Waals surface area contributed by atoms with Crippen molar-refractivity contribution in [2.75, 3.05) is 0 Å². The first-order chi connectivity index (χ1) is 20.2. The molecule has 8 nitrogen and oxygen atoms in total. The van der Waals surface area contributed by atoms with Crippen LogP contribution in [0.4, 0.5) is 0 Å². The van der Waals surface area contributed by atoms with Gasteiger partial charge in [0.05, 0.1) is 0 Å². The van der Waals surface area contributed by atoms with Gasteiger partial charge < -0.3 is 5.11 Å². The third kappa shape index (κ3) is 6.07. The van der Waals surface area contributed by atoms with Gasteiger partial charge in [0.1, 0.15) is 11.5 Å². The summed E-state index contributed by atoms with van der Waals surface area (Å²) < 4.78 is 0. The predicted octanol–water partition coefficient (Wildman–Crippen LogP) is 6.55. The quantitative estimate of drug-likeness (QED) is 0.204. The molecular weight excluding hydrogens is 705 g/mol. The van der Waals surface area contributed by atoms with Crippen molar-refractivity contribution in [3.63, 3.8) is 0 Å². The number of hydrogen-bond donors (Lipinski definition) is 1. The Hall–Kier alpha value is -5.24. The van der Waals surface area contributed by atoms with E-state index in [1.807, 2.05) is 66.7 Å². The molecule has 0 aliphatic rings. The van der Waals surface area contributed by atoms with Crippen LogP contribution >= 0.6 is 0 Å². The van der Waals surface area contributed by atoms with E-state index in [2.05, 4.69) is 60.7 Å². The number of fused-ring (bicyclic) bond motifs is 2. The maximum Gasteiger partial charge on any atom is 0.354 e. The zero-order valence-electron chi connectivity index (χ0n) is 21.9. The monoisotopic (exact) mass is 726 g/mol. The van der Waals surface area contributed by atoms with Crippen LogP contribution in [0.2, 0.25) is 0 Å². The number of benzene rings is 4. The van der Waals surface area contributed by atoms with E-state index in [1.165, 1.54) is 12.3 Å². The van der Waals surface area contributed by atoms with E-state index < -0.39 is 5.97 Å². The van der Waals surface area contributed by atoms with Crippen molar-refractivity contribution < 1.29 is 30.0 Å². The molecule has 4 aromatic carbocycles. The molecule has 9 heteroatoms. The summed E-state index contributed by atoms with van der Waals surface area (Å²) in [5.41, 5.74) is 3.54. The fourth-order valence-corrected chi connectivity index (χ4v) is 4.48. The summed E-state index contributed by atoms with van der Waals surface area (Å²) in [6, 6.07) is 36.3. The smallest absolute Gasteiger partial charge is 0.354 e. The molecule has 0 atom stereocenters. The molecule has 0 amide bonds.